The molecule has 3 N–H and O–H groups in total. The first-order chi connectivity index (χ1) is 9.43. The fourth-order valence-corrected chi connectivity index (χ4v) is 3.25. The first-order valence-electron chi connectivity index (χ1n) is 6.39. The average molecular weight is 320 g/mol. The molecule has 0 saturated heterocycles. The summed E-state index contributed by atoms with van der Waals surface area (Å²) in [6, 6.07) is 3.19. The van der Waals surface area contributed by atoms with Crippen LogP contribution in [-0.2, 0) is 26.0 Å². The van der Waals surface area contributed by atoms with Gasteiger partial charge in [0.15, 0.2) is 0 Å². The molecule has 0 aliphatic rings. The summed E-state index contributed by atoms with van der Waals surface area (Å²) in [5.74, 6) is -0.0654. The number of carbonyl (C=O) groups is 1. The summed E-state index contributed by atoms with van der Waals surface area (Å²) in [6.45, 7) is 3.57. The zero-order valence-electron chi connectivity index (χ0n) is 11.4. The van der Waals surface area contributed by atoms with Gasteiger partial charge in [-0.25, -0.2) is 13.6 Å². The first kappa shape index (κ1) is 17.1. The maximum atomic E-state index is 11.5. The van der Waals surface area contributed by atoms with E-state index in [4.69, 9.17) is 9.88 Å². The molecule has 0 aromatic carbocycles. The molecule has 0 unspecified atom stereocenters. The van der Waals surface area contributed by atoms with Crippen molar-refractivity contribution in [2.45, 2.75) is 30.4 Å². The van der Waals surface area contributed by atoms with Gasteiger partial charge < -0.3 is 10.1 Å². The number of primary sulfonamides is 1. The molecule has 0 fully saturated rings. The van der Waals surface area contributed by atoms with E-state index in [1.54, 1.807) is 6.07 Å². The van der Waals surface area contributed by atoms with Crippen molar-refractivity contribution in [3.63, 3.8) is 0 Å². The molecule has 6 nitrogen and oxygen atoms in total. The van der Waals surface area contributed by atoms with E-state index in [0.29, 0.717) is 32.6 Å². The van der Waals surface area contributed by atoms with Crippen LogP contribution in [0.3, 0.4) is 0 Å². The Labute approximate surface area is 123 Å². The second-order valence-electron chi connectivity index (χ2n) is 4.23. The molecule has 0 bridgehead atoms. The number of amides is 1. The number of nitrogens with one attached hydrogen (secondary N) is 1. The predicted molar refractivity (Wildman–Crippen MR) is 78.1 cm³/mol. The molecule has 20 heavy (non-hydrogen) atoms. The minimum absolute atomic E-state index is 0.0654. The van der Waals surface area contributed by atoms with Crippen molar-refractivity contribution in [3.8, 4) is 0 Å². The van der Waals surface area contributed by atoms with Gasteiger partial charge in [0.25, 0.3) is 0 Å². The monoisotopic (exact) mass is 320 g/mol. The Morgan fingerprint density at radius 2 is 2.15 bits per heavy atom. The number of thiophene rings is 1. The molecule has 1 rings (SSSR count). The Morgan fingerprint density at radius 1 is 1.40 bits per heavy atom. The normalized spacial score (nSPS) is 11.5. The van der Waals surface area contributed by atoms with E-state index in [0.717, 1.165) is 22.6 Å². The molecule has 0 aliphatic carbocycles. The van der Waals surface area contributed by atoms with Crippen LogP contribution in [0, 0.1) is 0 Å². The van der Waals surface area contributed by atoms with Crippen molar-refractivity contribution in [2.75, 3.05) is 19.8 Å². The van der Waals surface area contributed by atoms with E-state index < -0.39 is 10.0 Å². The molecule has 0 saturated carbocycles. The van der Waals surface area contributed by atoms with Crippen LogP contribution in [0.25, 0.3) is 0 Å². The van der Waals surface area contributed by atoms with Crippen molar-refractivity contribution in [2.24, 2.45) is 5.14 Å². The standard InChI is InChI=1S/C12H20N2O4S2/c1-2-8-18-9-6-11(15)14-7-5-10-3-4-12(19-10)20(13,16)17/h3-4H,2,5-9H2,1H3,(H,14,15)(H2,13,16,17). The van der Waals surface area contributed by atoms with Gasteiger partial charge in [0, 0.05) is 24.4 Å². The molecular formula is C12H20N2O4S2. The van der Waals surface area contributed by atoms with Gasteiger partial charge >= 0.3 is 0 Å². The molecule has 0 atom stereocenters. The highest BCUT2D eigenvalue weighted by Crippen LogP contribution is 2.20. The molecule has 1 aromatic heterocycles. The molecule has 8 heteroatoms. The zero-order chi connectivity index (χ0) is 15.0. The molecule has 0 spiro atoms. The fraction of sp³-hybridized carbons (Fsp3) is 0.583. The maximum Gasteiger partial charge on any atom is 0.247 e. The smallest absolute Gasteiger partial charge is 0.247 e. The second-order valence-corrected chi connectivity index (χ2v) is 7.18. The molecule has 114 valence electrons. The van der Waals surface area contributed by atoms with Crippen molar-refractivity contribution < 1.29 is 17.9 Å². The highest BCUT2D eigenvalue weighted by atomic mass is 32.2. The summed E-state index contributed by atoms with van der Waals surface area (Å²) < 4.78 is 27.6. The Kier molecular flexibility index (Phi) is 7.14. The van der Waals surface area contributed by atoms with Crippen LogP contribution >= 0.6 is 11.3 Å². The van der Waals surface area contributed by atoms with E-state index >= 15 is 0 Å². The third kappa shape index (κ3) is 6.47. The van der Waals surface area contributed by atoms with Gasteiger partial charge in [0.2, 0.25) is 15.9 Å². The van der Waals surface area contributed by atoms with E-state index in [9.17, 15) is 13.2 Å². The average Bonchev–Trinajstić information content (AvgIpc) is 2.83. The summed E-state index contributed by atoms with van der Waals surface area (Å²) >= 11 is 1.13. The summed E-state index contributed by atoms with van der Waals surface area (Å²) in [4.78, 5) is 12.3. The minimum atomic E-state index is -3.63. The summed E-state index contributed by atoms with van der Waals surface area (Å²) in [5, 5.41) is 7.79. The van der Waals surface area contributed by atoms with Crippen LogP contribution in [-0.4, -0.2) is 34.1 Å². The van der Waals surface area contributed by atoms with Gasteiger partial charge in [-0.05, 0) is 25.0 Å². The van der Waals surface area contributed by atoms with E-state index in [1.165, 1.54) is 6.07 Å². The lowest BCUT2D eigenvalue weighted by Crippen LogP contribution is -2.26. The molecule has 1 heterocycles. The number of hydrogen-bond acceptors (Lipinski definition) is 5. The zero-order valence-corrected chi connectivity index (χ0v) is 13.1. The van der Waals surface area contributed by atoms with Crippen molar-refractivity contribution >= 4 is 27.3 Å². The van der Waals surface area contributed by atoms with Gasteiger partial charge in [-0.2, -0.15) is 0 Å². The Bertz CT molecular complexity index is 525. The molecular weight excluding hydrogens is 300 g/mol. The number of rotatable bonds is 9. The van der Waals surface area contributed by atoms with Crippen LogP contribution in [0.15, 0.2) is 16.3 Å². The molecule has 0 radical (unpaired) electrons. The molecule has 1 aromatic rings. The molecule has 1 amide bonds. The lowest BCUT2D eigenvalue weighted by molar-refractivity contribution is -0.122. The van der Waals surface area contributed by atoms with E-state index in [2.05, 4.69) is 5.32 Å². The largest absolute Gasteiger partial charge is 0.381 e. The van der Waals surface area contributed by atoms with Crippen molar-refractivity contribution in [1.29, 1.82) is 0 Å². The van der Waals surface area contributed by atoms with Crippen molar-refractivity contribution in [3.05, 3.63) is 17.0 Å². The van der Waals surface area contributed by atoms with Crippen LogP contribution in [0.4, 0.5) is 0 Å². The van der Waals surface area contributed by atoms with Crippen LogP contribution in [0.5, 0.6) is 0 Å². The third-order valence-corrected chi connectivity index (χ3v) is 5.02. The Morgan fingerprint density at radius 3 is 2.75 bits per heavy atom. The van der Waals surface area contributed by atoms with E-state index in [-0.39, 0.29) is 10.1 Å². The lowest BCUT2D eigenvalue weighted by atomic mass is 10.3. The number of nitrogens with two attached hydrogens (primary N) is 1. The van der Waals surface area contributed by atoms with Gasteiger partial charge in [0.05, 0.1) is 6.61 Å². The SMILES string of the molecule is CCCOCCC(=O)NCCc1ccc(S(N)(=O)=O)s1. The summed E-state index contributed by atoms with van der Waals surface area (Å²) in [7, 11) is -3.63. The van der Waals surface area contributed by atoms with Gasteiger partial charge in [-0.1, -0.05) is 6.92 Å². The number of hydrogen-bond donors (Lipinski definition) is 2. The second kappa shape index (κ2) is 8.35. The maximum absolute atomic E-state index is 11.5. The van der Waals surface area contributed by atoms with Crippen LogP contribution < -0.4 is 10.5 Å². The summed E-state index contributed by atoms with van der Waals surface area (Å²) in [6.07, 6.45) is 1.86. The van der Waals surface area contributed by atoms with Gasteiger partial charge in [0.1, 0.15) is 4.21 Å². The Balaban J connectivity index is 2.24. The highest BCUT2D eigenvalue weighted by molar-refractivity contribution is 7.91. The number of ether oxygens (including phenoxy) is 1. The predicted octanol–water partition coefficient (Wildman–Crippen LogP) is 0.871. The highest BCUT2D eigenvalue weighted by Gasteiger charge is 2.11. The van der Waals surface area contributed by atoms with Gasteiger partial charge in [-0.15, -0.1) is 11.3 Å². The van der Waals surface area contributed by atoms with Gasteiger partial charge in [-0.3, -0.25) is 4.79 Å². The Hall–Kier alpha value is -0.960. The fourth-order valence-electron chi connectivity index (χ4n) is 1.47. The van der Waals surface area contributed by atoms with E-state index in [1.807, 2.05) is 6.92 Å². The third-order valence-electron chi connectivity index (χ3n) is 2.43. The molecule has 0 aliphatic heterocycles. The number of carbonyl (C=O) groups excluding carboxylic acids is 1. The quantitative estimate of drug-likeness (QED) is 0.660. The lowest BCUT2D eigenvalue weighted by Gasteiger charge is -2.04. The number of sulfonamides is 1. The minimum Gasteiger partial charge on any atom is -0.381 e. The van der Waals surface area contributed by atoms with Crippen LogP contribution in [0.2, 0.25) is 0 Å². The van der Waals surface area contributed by atoms with Crippen LogP contribution in [0.1, 0.15) is 24.6 Å². The topological polar surface area (TPSA) is 98.5 Å². The first-order valence-corrected chi connectivity index (χ1v) is 8.75. The summed E-state index contributed by atoms with van der Waals surface area (Å²) in [5.41, 5.74) is 0. The van der Waals surface area contributed by atoms with Crippen molar-refractivity contribution in [1.82, 2.24) is 5.32 Å².